The summed E-state index contributed by atoms with van der Waals surface area (Å²) in [5.41, 5.74) is 3.79. The fraction of sp³-hybridized carbons (Fsp3) is 0.130. The van der Waals surface area contributed by atoms with Gasteiger partial charge in [-0.2, -0.15) is 5.10 Å². The number of nitrogens with zero attached hydrogens (tertiary/aromatic N) is 2. The third-order valence-corrected chi connectivity index (χ3v) is 6.19. The van der Waals surface area contributed by atoms with Crippen molar-refractivity contribution in [2.75, 3.05) is 5.32 Å². The Labute approximate surface area is 197 Å². The SMILES string of the molecule is Cc1ccc(Cl)c(OCc2csc(C(=O)Nc3cccc(Cn4cc(Br)cn4)c3)c2)c1. The molecule has 1 N–H and O–H groups in total. The lowest BCUT2D eigenvalue weighted by Crippen LogP contribution is -2.10. The van der Waals surface area contributed by atoms with Crippen LogP contribution in [0.25, 0.3) is 0 Å². The van der Waals surface area contributed by atoms with Crippen LogP contribution in [0.2, 0.25) is 5.02 Å². The van der Waals surface area contributed by atoms with Gasteiger partial charge in [-0.25, -0.2) is 0 Å². The number of carbonyl (C=O) groups excluding carboxylic acids is 1. The summed E-state index contributed by atoms with van der Waals surface area (Å²) < 4.78 is 8.58. The molecule has 0 radical (unpaired) electrons. The van der Waals surface area contributed by atoms with Gasteiger partial charge in [0, 0.05) is 17.4 Å². The smallest absolute Gasteiger partial charge is 0.265 e. The molecule has 0 aliphatic heterocycles. The second kappa shape index (κ2) is 9.68. The first-order valence-electron chi connectivity index (χ1n) is 9.51. The molecule has 0 aliphatic rings. The Kier molecular flexibility index (Phi) is 6.75. The number of ether oxygens (including phenoxy) is 1. The van der Waals surface area contributed by atoms with Crippen molar-refractivity contribution in [1.29, 1.82) is 0 Å². The van der Waals surface area contributed by atoms with Gasteiger partial charge in [0.25, 0.3) is 5.91 Å². The van der Waals surface area contributed by atoms with E-state index < -0.39 is 0 Å². The van der Waals surface area contributed by atoms with Gasteiger partial charge in [0.2, 0.25) is 0 Å². The van der Waals surface area contributed by atoms with Crippen molar-refractivity contribution in [2.45, 2.75) is 20.1 Å². The summed E-state index contributed by atoms with van der Waals surface area (Å²) in [6.45, 7) is 2.96. The van der Waals surface area contributed by atoms with Crippen LogP contribution in [0.3, 0.4) is 0 Å². The van der Waals surface area contributed by atoms with Crippen molar-refractivity contribution in [3.8, 4) is 5.75 Å². The molecule has 0 atom stereocenters. The number of nitrogens with one attached hydrogen (secondary N) is 1. The first-order valence-corrected chi connectivity index (χ1v) is 11.6. The van der Waals surface area contributed by atoms with Gasteiger partial charge < -0.3 is 10.1 Å². The standard InChI is InChI=1S/C23H19BrClN3O2S/c1-15-5-6-20(25)21(7-15)30-13-17-9-22(31-14-17)23(29)27-19-4-2-3-16(8-19)11-28-12-18(24)10-26-28/h2-10,12,14H,11,13H2,1H3,(H,27,29). The molecule has 4 aromatic rings. The van der Waals surface area contributed by atoms with Gasteiger partial charge in [-0.15, -0.1) is 11.3 Å². The fourth-order valence-electron chi connectivity index (χ4n) is 3.00. The second-order valence-corrected chi connectivity index (χ2v) is 9.29. The maximum absolute atomic E-state index is 12.7. The minimum atomic E-state index is -0.149. The molecule has 0 bridgehead atoms. The number of hydrogen-bond donors (Lipinski definition) is 1. The number of benzene rings is 2. The van der Waals surface area contributed by atoms with Crippen LogP contribution in [0.15, 0.2) is 70.8 Å². The number of amides is 1. The molecule has 0 fully saturated rings. The van der Waals surface area contributed by atoms with Crippen LogP contribution in [0.4, 0.5) is 5.69 Å². The Morgan fingerprint density at radius 2 is 2.10 bits per heavy atom. The molecule has 2 aromatic carbocycles. The molecule has 5 nitrogen and oxygen atoms in total. The number of halogens is 2. The average Bonchev–Trinajstić information content (AvgIpc) is 3.38. The molecule has 0 spiro atoms. The summed E-state index contributed by atoms with van der Waals surface area (Å²) in [6.07, 6.45) is 3.65. The van der Waals surface area contributed by atoms with Crippen LogP contribution >= 0.6 is 38.9 Å². The van der Waals surface area contributed by atoms with E-state index in [1.807, 2.05) is 71.7 Å². The lowest BCUT2D eigenvalue weighted by molar-refractivity contribution is 0.103. The molecule has 2 aromatic heterocycles. The van der Waals surface area contributed by atoms with E-state index in [2.05, 4.69) is 26.3 Å². The molecule has 0 saturated carbocycles. The van der Waals surface area contributed by atoms with Crippen LogP contribution < -0.4 is 10.1 Å². The van der Waals surface area contributed by atoms with Gasteiger partial charge in [0.1, 0.15) is 12.4 Å². The predicted octanol–water partition coefficient (Wildman–Crippen LogP) is 6.55. The van der Waals surface area contributed by atoms with Gasteiger partial charge in [-0.05, 0) is 69.7 Å². The van der Waals surface area contributed by atoms with E-state index in [0.717, 1.165) is 26.9 Å². The molecular formula is C23H19BrClN3O2S. The van der Waals surface area contributed by atoms with E-state index in [4.69, 9.17) is 16.3 Å². The third-order valence-electron chi connectivity index (χ3n) is 4.49. The topological polar surface area (TPSA) is 56.1 Å². The number of carbonyl (C=O) groups is 1. The zero-order valence-electron chi connectivity index (χ0n) is 16.6. The van der Waals surface area contributed by atoms with Crippen LogP contribution in [0.5, 0.6) is 5.75 Å². The van der Waals surface area contributed by atoms with E-state index >= 15 is 0 Å². The minimum Gasteiger partial charge on any atom is -0.487 e. The van der Waals surface area contributed by atoms with Gasteiger partial charge in [-0.1, -0.05) is 29.8 Å². The monoisotopic (exact) mass is 515 g/mol. The second-order valence-electron chi connectivity index (χ2n) is 7.05. The maximum atomic E-state index is 12.7. The highest BCUT2D eigenvalue weighted by Gasteiger charge is 2.11. The summed E-state index contributed by atoms with van der Waals surface area (Å²) in [7, 11) is 0. The van der Waals surface area contributed by atoms with E-state index in [-0.39, 0.29) is 5.91 Å². The van der Waals surface area contributed by atoms with Gasteiger partial charge in [-0.3, -0.25) is 9.48 Å². The van der Waals surface area contributed by atoms with Gasteiger partial charge >= 0.3 is 0 Å². The molecule has 8 heteroatoms. The van der Waals surface area contributed by atoms with E-state index in [0.29, 0.717) is 28.8 Å². The van der Waals surface area contributed by atoms with Gasteiger partial charge in [0.15, 0.2) is 0 Å². The third kappa shape index (κ3) is 5.76. The Hall–Kier alpha value is -2.61. The number of anilines is 1. The normalized spacial score (nSPS) is 10.8. The zero-order valence-corrected chi connectivity index (χ0v) is 19.8. The van der Waals surface area contributed by atoms with Crippen LogP contribution in [0, 0.1) is 6.92 Å². The fourth-order valence-corrected chi connectivity index (χ4v) is 4.30. The van der Waals surface area contributed by atoms with Crippen molar-refractivity contribution >= 4 is 50.5 Å². The van der Waals surface area contributed by atoms with E-state index in [1.54, 1.807) is 6.20 Å². The highest BCUT2D eigenvalue weighted by Crippen LogP contribution is 2.27. The van der Waals surface area contributed by atoms with Crippen LogP contribution in [-0.4, -0.2) is 15.7 Å². The van der Waals surface area contributed by atoms with Crippen molar-refractivity contribution in [3.05, 3.63) is 97.4 Å². The minimum absolute atomic E-state index is 0.149. The summed E-state index contributed by atoms with van der Waals surface area (Å²) >= 11 is 11.0. The molecule has 158 valence electrons. The summed E-state index contributed by atoms with van der Waals surface area (Å²) in [6, 6.07) is 15.2. The molecule has 4 rings (SSSR count). The first-order chi connectivity index (χ1) is 15.0. The average molecular weight is 517 g/mol. The molecule has 2 heterocycles. The summed E-state index contributed by atoms with van der Waals surface area (Å²) in [4.78, 5) is 13.3. The number of rotatable bonds is 7. The van der Waals surface area contributed by atoms with Crippen LogP contribution in [-0.2, 0) is 13.2 Å². The summed E-state index contributed by atoms with van der Waals surface area (Å²) in [5, 5.41) is 9.72. The first kappa shape index (κ1) is 21.6. The Morgan fingerprint density at radius 3 is 2.90 bits per heavy atom. The Morgan fingerprint density at radius 1 is 1.23 bits per heavy atom. The number of aryl methyl sites for hydroxylation is 1. The highest BCUT2D eigenvalue weighted by atomic mass is 79.9. The van der Waals surface area contributed by atoms with Gasteiger partial charge in [0.05, 0.1) is 27.1 Å². The zero-order chi connectivity index (χ0) is 21.8. The molecule has 0 saturated heterocycles. The number of aromatic nitrogens is 2. The van der Waals surface area contributed by atoms with Crippen LogP contribution in [0.1, 0.15) is 26.4 Å². The predicted molar refractivity (Wildman–Crippen MR) is 128 cm³/mol. The largest absolute Gasteiger partial charge is 0.487 e. The van der Waals surface area contributed by atoms with E-state index in [9.17, 15) is 4.79 Å². The molecular weight excluding hydrogens is 498 g/mol. The number of thiophene rings is 1. The van der Waals surface area contributed by atoms with Crippen molar-refractivity contribution in [2.24, 2.45) is 0 Å². The lowest BCUT2D eigenvalue weighted by Gasteiger charge is -2.08. The highest BCUT2D eigenvalue weighted by molar-refractivity contribution is 9.10. The van der Waals surface area contributed by atoms with Crippen molar-refractivity contribution in [1.82, 2.24) is 9.78 Å². The Balaban J connectivity index is 1.37. The lowest BCUT2D eigenvalue weighted by atomic mass is 10.2. The van der Waals surface area contributed by atoms with E-state index in [1.165, 1.54) is 11.3 Å². The molecule has 1 amide bonds. The van der Waals surface area contributed by atoms with Crippen molar-refractivity contribution < 1.29 is 9.53 Å². The quantitative estimate of drug-likeness (QED) is 0.303. The molecule has 31 heavy (non-hydrogen) atoms. The Bertz CT molecular complexity index is 1220. The number of hydrogen-bond acceptors (Lipinski definition) is 4. The summed E-state index contributed by atoms with van der Waals surface area (Å²) in [5.74, 6) is 0.490. The molecule has 0 aliphatic carbocycles. The molecule has 0 unspecified atom stereocenters. The maximum Gasteiger partial charge on any atom is 0.265 e. The van der Waals surface area contributed by atoms with Crippen molar-refractivity contribution in [3.63, 3.8) is 0 Å².